The van der Waals surface area contributed by atoms with Crippen molar-refractivity contribution >= 4 is 37.1 Å². The van der Waals surface area contributed by atoms with Crippen molar-refractivity contribution in [3.05, 3.63) is 34.9 Å². The first kappa shape index (κ1) is 20.2. The quantitative estimate of drug-likeness (QED) is 0.494. The molecule has 1 aromatic carbocycles. The predicted molar refractivity (Wildman–Crippen MR) is 110 cm³/mol. The third-order valence-corrected chi connectivity index (χ3v) is 9.97. The number of hydrogen-bond donors (Lipinski definition) is 1. The van der Waals surface area contributed by atoms with E-state index >= 15 is 0 Å². The van der Waals surface area contributed by atoms with E-state index in [1.165, 1.54) is 0 Å². The second-order valence-corrected chi connectivity index (χ2v) is 14.4. The van der Waals surface area contributed by atoms with Gasteiger partial charge < -0.3 is 9.74 Å². The largest absolute Gasteiger partial charge is 0.416 e. The van der Waals surface area contributed by atoms with Gasteiger partial charge >= 0.3 is 0 Å². The molecule has 1 N–H and O–H groups in total. The van der Waals surface area contributed by atoms with Gasteiger partial charge in [-0.3, -0.25) is 4.79 Å². The van der Waals surface area contributed by atoms with E-state index in [9.17, 15) is 4.79 Å². The Morgan fingerprint density at radius 1 is 1.20 bits per heavy atom. The van der Waals surface area contributed by atoms with Crippen molar-refractivity contribution in [3.8, 4) is 0 Å². The maximum atomic E-state index is 12.3. The molecule has 3 nitrogen and oxygen atoms in total. The van der Waals surface area contributed by atoms with Crippen molar-refractivity contribution in [2.75, 3.05) is 11.9 Å². The average molecular weight is 380 g/mol. The number of carbonyl (C=O) groups excluding carboxylic acids is 1. The minimum atomic E-state index is -1.77. The molecule has 138 valence electrons. The number of fused-ring (bicyclic) bond motifs is 1. The number of amides is 1. The average Bonchev–Trinajstić information content (AvgIpc) is 2.77. The van der Waals surface area contributed by atoms with Crippen LogP contribution in [0.5, 0.6) is 0 Å². The third kappa shape index (κ3) is 4.75. The van der Waals surface area contributed by atoms with Crippen molar-refractivity contribution in [2.45, 2.75) is 59.2 Å². The van der Waals surface area contributed by atoms with Crippen LogP contribution in [0.1, 0.15) is 46.6 Å². The van der Waals surface area contributed by atoms with E-state index in [1.54, 1.807) is 6.07 Å². The van der Waals surface area contributed by atoms with Crippen molar-refractivity contribution in [3.63, 3.8) is 0 Å². The highest BCUT2D eigenvalue weighted by atomic mass is 35.5. The molecule has 2 rings (SSSR count). The lowest BCUT2D eigenvalue weighted by Crippen LogP contribution is -2.43. The summed E-state index contributed by atoms with van der Waals surface area (Å²) in [6.45, 7) is 16.4. The van der Waals surface area contributed by atoms with Gasteiger partial charge in [0.15, 0.2) is 8.32 Å². The number of anilines is 1. The lowest BCUT2D eigenvalue weighted by atomic mass is 9.89. The summed E-state index contributed by atoms with van der Waals surface area (Å²) in [4.78, 5) is 12.3. The molecular formula is C20H30ClNO2Si. The van der Waals surface area contributed by atoms with Crippen LogP contribution >= 0.6 is 11.6 Å². The van der Waals surface area contributed by atoms with E-state index in [-0.39, 0.29) is 16.4 Å². The number of allylic oxidation sites excluding steroid dienone is 1. The molecule has 0 fully saturated rings. The van der Waals surface area contributed by atoms with Gasteiger partial charge in [-0.2, -0.15) is 0 Å². The first-order chi connectivity index (χ1) is 11.3. The van der Waals surface area contributed by atoms with Gasteiger partial charge in [-0.15, -0.1) is 0 Å². The van der Waals surface area contributed by atoms with Crippen molar-refractivity contribution < 1.29 is 9.22 Å². The van der Waals surface area contributed by atoms with E-state index in [4.69, 9.17) is 16.0 Å². The summed E-state index contributed by atoms with van der Waals surface area (Å²) >= 11 is 6.01. The Morgan fingerprint density at radius 3 is 2.44 bits per heavy atom. The monoisotopic (exact) mass is 379 g/mol. The molecule has 1 aliphatic rings. The molecule has 0 unspecified atom stereocenters. The minimum absolute atomic E-state index is 0.0298. The normalized spacial score (nSPS) is 17.0. The van der Waals surface area contributed by atoms with E-state index < -0.39 is 8.32 Å². The topological polar surface area (TPSA) is 38.3 Å². The number of halogens is 1. The Labute approximate surface area is 157 Å². The predicted octanol–water partition coefficient (Wildman–Crippen LogP) is 6.11. The van der Waals surface area contributed by atoms with Crippen LogP contribution in [0.3, 0.4) is 0 Å². The Morgan fingerprint density at radius 2 is 1.84 bits per heavy atom. The highest BCUT2D eigenvalue weighted by molar-refractivity contribution is 6.74. The molecule has 0 saturated carbocycles. The summed E-state index contributed by atoms with van der Waals surface area (Å²) in [7, 11) is -1.77. The van der Waals surface area contributed by atoms with Gasteiger partial charge in [0.05, 0.1) is 5.69 Å². The Hall–Kier alpha value is -1.10. The standard InChI is InChI=1S/C20H30ClNO2Si/c1-19(2,3)25(6,7)24-13-20(4,5)11-10-16-15-9-8-14(21)12-17(15)22-18(16)23/h8-10,12H,11,13H2,1-7H3,(H,22,23). The van der Waals surface area contributed by atoms with Crippen LogP contribution in [0.15, 0.2) is 24.3 Å². The Kier molecular flexibility index (Phi) is 5.58. The summed E-state index contributed by atoms with van der Waals surface area (Å²) in [5.41, 5.74) is 2.42. The molecule has 0 spiro atoms. The van der Waals surface area contributed by atoms with E-state index in [1.807, 2.05) is 18.2 Å². The molecule has 1 heterocycles. The van der Waals surface area contributed by atoms with Crippen molar-refractivity contribution in [1.82, 2.24) is 0 Å². The molecule has 1 aromatic rings. The molecule has 1 aliphatic heterocycles. The van der Waals surface area contributed by atoms with Crippen LogP contribution < -0.4 is 5.32 Å². The number of rotatable bonds is 5. The summed E-state index contributed by atoms with van der Waals surface area (Å²) in [6, 6.07) is 5.52. The second kappa shape index (κ2) is 6.90. The maximum absolute atomic E-state index is 12.3. The molecule has 0 aliphatic carbocycles. The first-order valence-electron chi connectivity index (χ1n) is 8.78. The Balaban J connectivity index is 2.09. The third-order valence-electron chi connectivity index (χ3n) is 5.25. The molecule has 25 heavy (non-hydrogen) atoms. The van der Waals surface area contributed by atoms with Gasteiger partial charge in [0.25, 0.3) is 5.91 Å². The van der Waals surface area contributed by atoms with E-state index in [0.717, 1.165) is 23.2 Å². The number of benzene rings is 1. The zero-order valence-electron chi connectivity index (χ0n) is 16.4. The van der Waals surface area contributed by atoms with Gasteiger partial charge in [-0.1, -0.05) is 58.4 Å². The molecule has 5 heteroatoms. The van der Waals surface area contributed by atoms with E-state index in [2.05, 4.69) is 53.0 Å². The summed E-state index contributed by atoms with van der Waals surface area (Å²) in [5.74, 6) is -0.0571. The maximum Gasteiger partial charge on any atom is 0.256 e. The zero-order chi connectivity index (χ0) is 19.0. The highest BCUT2D eigenvalue weighted by Gasteiger charge is 2.38. The number of nitrogens with one attached hydrogen (secondary N) is 1. The number of hydrogen-bond acceptors (Lipinski definition) is 2. The fourth-order valence-corrected chi connectivity index (χ4v) is 3.76. The molecule has 1 amide bonds. The van der Waals surface area contributed by atoms with Crippen LogP contribution in [0.4, 0.5) is 5.69 Å². The van der Waals surface area contributed by atoms with Crippen LogP contribution in [0, 0.1) is 5.41 Å². The van der Waals surface area contributed by atoms with Gasteiger partial charge in [-0.25, -0.2) is 0 Å². The first-order valence-corrected chi connectivity index (χ1v) is 12.1. The smallest absolute Gasteiger partial charge is 0.256 e. The summed E-state index contributed by atoms with van der Waals surface area (Å²) in [6.07, 6.45) is 2.82. The molecule has 0 aromatic heterocycles. The lowest BCUT2D eigenvalue weighted by Gasteiger charge is -2.39. The van der Waals surface area contributed by atoms with Crippen LogP contribution in [0.25, 0.3) is 5.57 Å². The van der Waals surface area contributed by atoms with Crippen LogP contribution in [-0.2, 0) is 9.22 Å². The van der Waals surface area contributed by atoms with Crippen molar-refractivity contribution in [2.24, 2.45) is 5.41 Å². The molecule has 0 bridgehead atoms. The second-order valence-electron chi connectivity index (χ2n) is 9.18. The van der Waals surface area contributed by atoms with E-state index in [0.29, 0.717) is 11.6 Å². The molecular weight excluding hydrogens is 350 g/mol. The lowest BCUT2D eigenvalue weighted by molar-refractivity contribution is -0.110. The van der Waals surface area contributed by atoms with Gasteiger partial charge in [0, 0.05) is 22.8 Å². The highest BCUT2D eigenvalue weighted by Crippen LogP contribution is 2.39. The number of carbonyl (C=O) groups is 1. The zero-order valence-corrected chi connectivity index (χ0v) is 18.2. The van der Waals surface area contributed by atoms with Gasteiger partial charge in [0.2, 0.25) is 0 Å². The van der Waals surface area contributed by atoms with Crippen LogP contribution in [-0.4, -0.2) is 20.8 Å². The summed E-state index contributed by atoms with van der Waals surface area (Å²) < 4.78 is 6.38. The Bertz CT molecular complexity index is 702. The van der Waals surface area contributed by atoms with Gasteiger partial charge in [0.1, 0.15) is 0 Å². The summed E-state index contributed by atoms with van der Waals surface area (Å²) in [5, 5.41) is 3.71. The van der Waals surface area contributed by atoms with Crippen molar-refractivity contribution in [1.29, 1.82) is 0 Å². The SMILES string of the molecule is CC(C)(CC=C1C(=O)Nc2cc(Cl)ccc21)CO[Si](C)(C)C(C)(C)C. The van der Waals surface area contributed by atoms with Crippen LogP contribution in [0.2, 0.25) is 23.2 Å². The fourth-order valence-electron chi connectivity index (χ4n) is 2.40. The fraction of sp³-hybridized carbons (Fsp3) is 0.550. The van der Waals surface area contributed by atoms with Gasteiger partial charge in [-0.05, 0) is 42.1 Å². The molecule has 0 radical (unpaired) electrons. The minimum Gasteiger partial charge on any atom is -0.416 e. The molecule has 0 saturated heterocycles. The molecule has 0 atom stereocenters.